The van der Waals surface area contributed by atoms with E-state index in [0.29, 0.717) is 10.7 Å². The summed E-state index contributed by atoms with van der Waals surface area (Å²) >= 11 is 18.2. The minimum absolute atomic E-state index is 0.116. The van der Waals surface area contributed by atoms with Crippen molar-refractivity contribution in [2.45, 2.75) is 25.2 Å². The Hall–Kier alpha value is -1.70. The highest BCUT2D eigenvalue weighted by molar-refractivity contribution is 6.36. The number of rotatable bonds is 5. The van der Waals surface area contributed by atoms with Gasteiger partial charge in [0.2, 0.25) is 5.79 Å². The topological polar surface area (TPSA) is 69.7 Å². The number of aliphatic imine (C=N–C) groups is 1. The van der Waals surface area contributed by atoms with Crippen molar-refractivity contribution in [1.82, 2.24) is 4.98 Å². The molecular weight excluding hydrogens is 428 g/mol. The Morgan fingerprint density at radius 1 is 1.21 bits per heavy atom. The number of nitrogens with zero attached hydrogens (tertiary/aromatic N) is 2. The third kappa shape index (κ3) is 4.02. The minimum atomic E-state index is -1.39. The fourth-order valence-electron chi connectivity index (χ4n) is 2.96. The van der Waals surface area contributed by atoms with Gasteiger partial charge in [0.25, 0.3) is 0 Å². The predicted octanol–water partition coefficient (Wildman–Crippen LogP) is 5.40. The summed E-state index contributed by atoms with van der Waals surface area (Å²) in [6.45, 7) is 1.68. The number of ether oxygens (including phenoxy) is 2. The number of amidine groups is 1. The molecular formula is C19H17Cl3FN3O2. The summed E-state index contributed by atoms with van der Waals surface area (Å²) in [5, 5.41) is 0.533. The van der Waals surface area contributed by atoms with E-state index in [2.05, 4.69) is 9.98 Å². The second kappa shape index (κ2) is 8.35. The van der Waals surface area contributed by atoms with Gasteiger partial charge in [0.05, 0.1) is 11.1 Å². The minimum Gasteiger partial charge on any atom is -0.383 e. The molecule has 2 heterocycles. The van der Waals surface area contributed by atoms with Gasteiger partial charge in [-0.3, -0.25) is 0 Å². The summed E-state index contributed by atoms with van der Waals surface area (Å²) in [6.07, 6.45) is 2.76. The maximum atomic E-state index is 13.9. The monoisotopic (exact) mass is 443 g/mol. The molecule has 9 heteroatoms. The third-order valence-electron chi connectivity index (χ3n) is 4.45. The molecule has 1 aromatic carbocycles. The first kappa shape index (κ1) is 21.0. The number of pyridine rings is 1. The van der Waals surface area contributed by atoms with Gasteiger partial charge in [-0.15, -0.1) is 0 Å². The van der Waals surface area contributed by atoms with Crippen molar-refractivity contribution < 1.29 is 13.9 Å². The number of aromatic nitrogens is 1. The number of benzene rings is 1. The first-order chi connectivity index (χ1) is 13.3. The molecule has 0 fully saturated rings. The summed E-state index contributed by atoms with van der Waals surface area (Å²) in [5.41, 5.74) is 7.98. The Bertz CT molecular complexity index is 950. The lowest BCUT2D eigenvalue weighted by atomic mass is 9.96. The molecule has 0 amide bonds. The normalized spacial score (nSPS) is 20.5. The van der Waals surface area contributed by atoms with Crippen LogP contribution in [0, 0.1) is 5.82 Å². The van der Waals surface area contributed by atoms with Crippen LogP contribution in [0.4, 0.5) is 4.39 Å². The lowest BCUT2D eigenvalue weighted by molar-refractivity contribution is -0.196. The van der Waals surface area contributed by atoms with Crippen LogP contribution in [0.3, 0.4) is 0 Å². The predicted molar refractivity (Wildman–Crippen MR) is 109 cm³/mol. The number of halogens is 4. The molecule has 28 heavy (non-hydrogen) atoms. The van der Waals surface area contributed by atoms with Crippen LogP contribution >= 0.6 is 34.8 Å². The van der Waals surface area contributed by atoms with E-state index in [1.54, 1.807) is 25.4 Å². The van der Waals surface area contributed by atoms with Crippen LogP contribution in [-0.4, -0.2) is 23.7 Å². The molecule has 1 aliphatic heterocycles. The van der Waals surface area contributed by atoms with Gasteiger partial charge in [0, 0.05) is 36.5 Å². The highest BCUT2D eigenvalue weighted by Gasteiger charge is 2.41. The van der Waals surface area contributed by atoms with Crippen LogP contribution in [-0.2, 0) is 9.47 Å². The van der Waals surface area contributed by atoms with E-state index in [-0.39, 0.29) is 22.3 Å². The summed E-state index contributed by atoms with van der Waals surface area (Å²) in [4.78, 5) is 8.30. The van der Waals surface area contributed by atoms with Crippen LogP contribution in [0.5, 0.6) is 0 Å². The smallest absolute Gasteiger partial charge is 0.232 e. The van der Waals surface area contributed by atoms with Crippen molar-refractivity contribution >= 4 is 46.2 Å². The molecule has 3 rings (SSSR count). The standard InChI is InChI=1S/C19H17Cl3FN3O2/c1-10(16-13(20)4-5-14(23)17(16)22)28-19(27-2)7-12(9-26-18(19)24)11-3-6-15(21)25-8-11/h3-6,8-10H,7H2,1-2H3,(H2,24,26)/t10?,19-/m1/s1. The van der Waals surface area contributed by atoms with Gasteiger partial charge in [-0.2, -0.15) is 0 Å². The molecule has 0 saturated heterocycles. The van der Waals surface area contributed by atoms with E-state index in [0.717, 1.165) is 11.1 Å². The van der Waals surface area contributed by atoms with E-state index in [4.69, 9.17) is 50.0 Å². The molecule has 2 aromatic rings. The van der Waals surface area contributed by atoms with Crippen molar-refractivity contribution in [3.05, 3.63) is 68.8 Å². The highest BCUT2D eigenvalue weighted by atomic mass is 35.5. The average molecular weight is 445 g/mol. The van der Waals surface area contributed by atoms with E-state index < -0.39 is 17.7 Å². The van der Waals surface area contributed by atoms with Gasteiger partial charge >= 0.3 is 0 Å². The molecule has 1 unspecified atom stereocenters. The zero-order valence-corrected chi connectivity index (χ0v) is 17.3. The first-order valence-electron chi connectivity index (χ1n) is 8.28. The molecule has 0 spiro atoms. The molecule has 2 atom stereocenters. The lowest BCUT2D eigenvalue weighted by Gasteiger charge is -2.37. The van der Waals surface area contributed by atoms with Crippen molar-refractivity contribution in [2.24, 2.45) is 10.7 Å². The second-order valence-electron chi connectivity index (χ2n) is 6.19. The maximum absolute atomic E-state index is 13.9. The van der Waals surface area contributed by atoms with Crippen LogP contribution in [0.1, 0.15) is 30.6 Å². The molecule has 5 nitrogen and oxygen atoms in total. The number of nitrogens with two attached hydrogens (primary N) is 1. The molecule has 0 aliphatic carbocycles. The first-order valence-corrected chi connectivity index (χ1v) is 9.42. The second-order valence-corrected chi connectivity index (χ2v) is 7.36. The van der Waals surface area contributed by atoms with Crippen LogP contribution < -0.4 is 5.73 Å². The van der Waals surface area contributed by atoms with Gasteiger partial charge in [0.1, 0.15) is 11.0 Å². The molecule has 0 radical (unpaired) electrons. The quantitative estimate of drug-likeness (QED) is 0.381. The Morgan fingerprint density at radius 3 is 2.61 bits per heavy atom. The summed E-state index contributed by atoms with van der Waals surface area (Å²) in [5.74, 6) is -1.86. The fourth-order valence-corrected chi connectivity index (χ4v) is 3.75. The van der Waals surface area contributed by atoms with Crippen LogP contribution in [0.2, 0.25) is 15.2 Å². The number of hydrogen-bond acceptors (Lipinski definition) is 5. The maximum Gasteiger partial charge on any atom is 0.232 e. The molecule has 1 aromatic heterocycles. The Balaban J connectivity index is 1.93. The molecule has 0 bridgehead atoms. The van der Waals surface area contributed by atoms with E-state index in [1.165, 1.54) is 19.2 Å². The Morgan fingerprint density at radius 2 is 1.96 bits per heavy atom. The molecule has 2 N–H and O–H groups in total. The zero-order valence-electron chi connectivity index (χ0n) is 15.0. The lowest BCUT2D eigenvalue weighted by Crippen LogP contribution is -2.50. The molecule has 0 saturated carbocycles. The number of hydrogen-bond donors (Lipinski definition) is 1. The SMILES string of the molecule is CO[C@@]1(OC(C)c2c(Cl)ccc(F)c2Cl)CC(c2ccc(Cl)nc2)=CN=C1N. The summed E-state index contributed by atoms with van der Waals surface area (Å²) in [6, 6.07) is 6.09. The van der Waals surface area contributed by atoms with Crippen molar-refractivity contribution in [3.8, 4) is 0 Å². The van der Waals surface area contributed by atoms with Crippen LogP contribution in [0.25, 0.3) is 5.57 Å². The van der Waals surface area contributed by atoms with Crippen molar-refractivity contribution in [3.63, 3.8) is 0 Å². The van der Waals surface area contributed by atoms with Gasteiger partial charge in [-0.05, 0) is 36.3 Å². The van der Waals surface area contributed by atoms with E-state index in [9.17, 15) is 4.39 Å². The summed E-state index contributed by atoms with van der Waals surface area (Å²) < 4.78 is 25.7. The van der Waals surface area contributed by atoms with Gasteiger partial charge in [-0.25, -0.2) is 14.4 Å². The molecule has 1 aliphatic rings. The van der Waals surface area contributed by atoms with Crippen LogP contribution in [0.15, 0.2) is 41.7 Å². The Labute approximate surface area is 176 Å². The fraction of sp³-hybridized carbons (Fsp3) is 0.263. The third-order valence-corrected chi connectivity index (χ3v) is 5.39. The van der Waals surface area contributed by atoms with E-state index in [1.807, 2.05) is 6.07 Å². The molecule has 148 valence electrons. The van der Waals surface area contributed by atoms with Crippen molar-refractivity contribution in [2.75, 3.05) is 7.11 Å². The van der Waals surface area contributed by atoms with Crippen molar-refractivity contribution in [1.29, 1.82) is 0 Å². The van der Waals surface area contributed by atoms with Gasteiger partial charge in [0.15, 0.2) is 5.84 Å². The Kier molecular flexibility index (Phi) is 6.27. The zero-order chi connectivity index (χ0) is 20.5. The van der Waals surface area contributed by atoms with E-state index >= 15 is 0 Å². The van der Waals surface area contributed by atoms with Gasteiger partial charge < -0.3 is 15.2 Å². The highest BCUT2D eigenvalue weighted by Crippen LogP contribution is 2.40. The summed E-state index contributed by atoms with van der Waals surface area (Å²) in [7, 11) is 1.45. The largest absolute Gasteiger partial charge is 0.383 e. The van der Waals surface area contributed by atoms with Gasteiger partial charge in [-0.1, -0.05) is 40.9 Å². The average Bonchev–Trinajstić information content (AvgIpc) is 2.67. The number of methoxy groups -OCH3 is 1.